The number of imidazole rings is 1. The molecule has 2 atom stereocenters. The first-order chi connectivity index (χ1) is 19.7. The Bertz CT molecular complexity index is 1620. The molecule has 10 nitrogen and oxygen atoms in total. The van der Waals surface area contributed by atoms with E-state index >= 15 is 0 Å². The van der Waals surface area contributed by atoms with Crippen molar-refractivity contribution in [2.45, 2.75) is 55.4 Å². The summed E-state index contributed by atoms with van der Waals surface area (Å²) in [7, 11) is 0. The Kier molecular flexibility index (Phi) is 7.41. The van der Waals surface area contributed by atoms with E-state index in [9.17, 15) is 9.90 Å². The average molecular weight is 595 g/mol. The van der Waals surface area contributed by atoms with Crippen LogP contribution in [0.1, 0.15) is 41.5 Å². The first kappa shape index (κ1) is 27.9. The van der Waals surface area contributed by atoms with Crippen molar-refractivity contribution < 1.29 is 19.7 Å². The van der Waals surface area contributed by atoms with E-state index in [0.717, 1.165) is 42.1 Å². The highest BCUT2D eigenvalue weighted by molar-refractivity contribution is 7.99. The van der Waals surface area contributed by atoms with Crippen molar-refractivity contribution >= 4 is 40.8 Å². The number of hydrogen-bond acceptors (Lipinski definition) is 9. The second kappa shape index (κ2) is 10.9. The maximum Gasteiger partial charge on any atom is 0.335 e. The van der Waals surface area contributed by atoms with Crippen LogP contribution in [-0.2, 0) is 11.3 Å². The van der Waals surface area contributed by atoms with Gasteiger partial charge in [0.2, 0.25) is 0 Å². The van der Waals surface area contributed by atoms with Crippen LogP contribution in [0.4, 0.5) is 5.82 Å². The molecule has 0 radical (unpaired) electrons. The maximum atomic E-state index is 11.2. The molecule has 2 fully saturated rings. The zero-order valence-electron chi connectivity index (χ0n) is 22.7. The number of anilines is 1. The van der Waals surface area contributed by atoms with E-state index in [1.54, 1.807) is 24.3 Å². The van der Waals surface area contributed by atoms with Gasteiger partial charge in [-0.25, -0.2) is 19.7 Å². The topological polar surface area (TPSA) is 139 Å². The third-order valence-corrected chi connectivity index (χ3v) is 9.92. The summed E-state index contributed by atoms with van der Waals surface area (Å²) in [6.45, 7) is 5.97. The van der Waals surface area contributed by atoms with Crippen LogP contribution in [0.3, 0.4) is 0 Å². The molecule has 1 aromatic carbocycles. The number of carbonyl (C=O) groups is 1. The summed E-state index contributed by atoms with van der Waals surface area (Å²) in [6, 6.07) is 8.47. The second-order valence-corrected chi connectivity index (χ2v) is 12.2. The van der Waals surface area contributed by atoms with Crippen molar-refractivity contribution in [2.75, 3.05) is 24.6 Å². The lowest BCUT2D eigenvalue weighted by molar-refractivity contribution is 0.0697. The van der Waals surface area contributed by atoms with Crippen molar-refractivity contribution in [1.82, 2.24) is 19.4 Å². The molecule has 214 valence electrons. The van der Waals surface area contributed by atoms with Crippen molar-refractivity contribution in [3.63, 3.8) is 0 Å². The molecule has 2 aliphatic rings. The van der Waals surface area contributed by atoms with Gasteiger partial charge >= 0.3 is 5.97 Å². The monoisotopic (exact) mass is 594 g/mol. The van der Waals surface area contributed by atoms with Gasteiger partial charge in [-0.05, 0) is 44.9 Å². The number of hydrogen-bond donors (Lipinski definition) is 3. The smallest absolute Gasteiger partial charge is 0.335 e. The number of halogens is 1. The number of aliphatic hydroxyl groups excluding tert-OH is 1. The zero-order valence-corrected chi connectivity index (χ0v) is 24.3. The van der Waals surface area contributed by atoms with Crippen LogP contribution in [0, 0.1) is 12.3 Å². The van der Waals surface area contributed by atoms with Gasteiger partial charge in [0.15, 0.2) is 11.5 Å². The van der Waals surface area contributed by atoms with Crippen LogP contribution in [0.15, 0.2) is 52.6 Å². The number of carboxylic acids is 1. The Hall–Kier alpha value is -3.22. The molecule has 0 aliphatic carbocycles. The Morgan fingerprint density at radius 1 is 1.20 bits per heavy atom. The molecule has 3 aromatic heterocycles. The van der Waals surface area contributed by atoms with Crippen LogP contribution >= 0.6 is 23.4 Å². The third kappa shape index (κ3) is 5.06. The second-order valence-electron chi connectivity index (χ2n) is 10.8. The van der Waals surface area contributed by atoms with E-state index in [1.807, 2.05) is 36.7 Å². The van der Waals surface area contributed by atoms with Crippen LogP contribution in [0.2, 0.25) is 5.02 Å². The lowest BCUT2D eigenvalue weighted by Crippen LogP contribution is -2.51. The summed E-state index contributed by atoms with van der Waals surface area (Å²) in [4.78, 5) is 28.5. The molecule has 2 saturated heterocycles. The molecule has 4 N–H and O–H groups in total. The predicted molar refractivity (Wildman–Crippen MR) is 157 cm³/mol. The Labute approximate surface area is 246 Å². The van der Waals surface area contributed by atoms with Crippen molar-refractivity contribution in [3.05, 3.63) is 64.7 Å². The number of nitrogens with two attached hydrogens (primary N) is 1. The van der Waals surface area contributed by atoms with Crippen molar-refractivity contribution in [3.8, 4) is 11.3 Å². The minimum atomic E-state index is -0.977. The molecule has 0 saturated carbocycles. The number of aryl methyl sites for hydroxylation is 1. The van der Waals surface area contributed by atoms with E-state index < -0.39 is 5.97 Å². The third-order valence-electron chi connectivity index (χ3n) is 8.30. The molecule has 0 unspecified atom stereocenters. The number of carboxylic acid groups (broad SMARTS) is 1. The first-order valence-electron chi connectivity index (χ1n) is 13.5. The fourth-order valence-electron chi connectivity index (χ4n) is 5.72. The highest BCUT2D eigenvalue weighted by Crippen LogP contribution is 2.43. The summed E-state index contributed by atoms with van der Waals surface area (Å²) >= 11 is 8.19. The average Bonchev–Trinajstić information content (AvgIpc) is 3.54. The van der Waals surface area contributed by atoms with E-state index in [4.69, 9.17) is 42.1 Å². The number of piperidine rings is 1. The van der Waals surface area contributed by atoms with Crippen LogP contribution in [0.25, 0.3) is 16.9 Å². The number of pyridine rings is 1. The highest BCUT2D eigenvalue weighted by Gasteiger charge is 2.47. The highest BCUT2D eigenvalue weighted by atomic mass is 35.5. The minimum Gasteiger partial charge on any atom is -0.478 e. The molecule has 6 rings (SSSR count). The molecular weight excluding hydrogens is 564 g/mol. The molecule has 5 heterocycles. The van der Waals surface area contributed by atoms with Crippen molar-refractivity contribution in [2.24, 2.45) is 11.1 Å². The number of aromatic nitrogens is 4. The van der Waals surface area contributed by atoms with Gasteiger partial charge < -0.3 is 30.0 Å². The summed E-state index contributed by atoms with van der Waals surface area (Å²) in [5, 5.41) is 20.5. The van der Waals surface area contributed by atoms with Crippen LogP contribution in [-0.4, -0.2) is 67.4 Å². The lowest BCUT2D eigenvalue weighted by atomic mass is 9.73. The molecule has 2 aliphatic heterocycles. The van der Waals surface area contributed by atoms with E-state index in [0.29, 0.717) is 39.5 Å². The van der Waals surface area contributed by atoms with E-state index in [-0.39, 0.29) is 29.7 Å². The van der Waals surface area contributed by atoms with Gasteiger partial charge in [-0.1, -0.05) is 35.5 Å². The standard InChI is InChI=1S/C29H31ClN6O4S/c1-16-27(34-21(14-37)25(32-16)35-11-8-29(9-12-35)15-40-17(2)24(29)31)41-22-7-10-36-13-20(33-26(36)23(22)30)18-3-5-19(6-4-18)28(38)39/h3-7,10,13,17,24,37H,8-9,11-12,14-15,31H2,1-2H3,(H,38,39)/t17-,24+/m0/s1. The number of rotatable bonds is 6. The van der Waals surface area contributed by atoms with Crippen LogP contribution in [0.5, 0.6) is 0 Å². The van der Waals surface area contributed by atoms with Crippen LogP contribution < -0.4 is 10.6 Å². The number of ether oxygens (including phenoxy) is 1. The number of nitrogens with zero attached hydrogens (tertiary/aromatic N) is 5. The summed E-state index contributed by atoms with van der Waals surface area (Å²) in [5.74, 6) is -0.270. The Morgan fingerprint density at radius 2 is 1.93 bits per heavy atom. The predicted octanol–water partition coefficient (Wildman–Crippen LogP) is 4.43. The number of benzene rings is 1. The van der Waals surface area contributed by atoms with Gasteiger partial charge in [-0.3, -0.25) is 0 Å². The number of aliphatic hydroxyl groups is 1. The number of aromatic carboxylic acids is 1. The molecule has 0 bridgehead atoms. The molecule has 4 aromatic rings. The maximum absolute atomic E-state index is 11.2. The minimum absolute atomic E-state index is 0.00239. The molecule has 1 spiro atoms. The fraction of sp³-hybridized carbons (Fsp3) is 0.379. The van der Waals surface area contributed by atoms with E-state index in [1.165, 1.54) is 11.8 Å². The summed E-state index contributed by atoms with van der Waals surface area (Å²) in [5.41, 5.74) is 10.0. The van der Waals surface area contributed by atoms with Crippen molar-refractivity contribution in [1.29, 1.82) is 0 Å². The molecular formula is C29H31ClN6O4S. The molecule has 0 amide bonds. The van der Waals surface area contributed by atoms with Gasteiger partial charge in [-0.2, -0.15) is 0 Å². The Balaban J connectivity index is 1.23. The van der Waals surface area contributed by atoms with Gasteiger partial charge in [0, 0.05) is 47.4 Å². The van der Waals surface area contributed by atoms with Gasteiger partial charge in [0.25, 0.3) is 0 Å². The SMILES string of the molecule is Cc1nc(N2CCC3(CC2)CO[C@@H](C)[C@H]3N)c(CO)nc1Sc1ccn2cc(-c3ccc(C(=O)O)cc3)nc2c1Cl. The van der Waals surface area contributed by atoms with Gasteiger partial charge in [0.05, 0.1) is 41.3 Å². The van der Waals surface area contributed by atoms with Gasteiger partial charge in [0.1, 0.15) is 10.7 Å². The fourth-order valence-corrected chi connectivity index (χ4v) is 6.91. The van der Waals surface area contributed by atoms with E-state index in [2.05, 4.69) is 4.90 Å². The molecule has 41 heavy (non-hydrogen) atoms. The normalized spacial score (nSPS) is 20.3. The zero-order chi connectivity index (χ0) is 28.9. The summed E-state index contributed by atoms with van der Waals surface area (Å²) < 4.78 is 7.69. The summed E-state index contributed by atoms with van der Waals surface area (Å²) in [6.07, 6.45) is 5.61. The quantitative estimate of drug-likeness (QED) is 0.294. The first-order valence-corrected chi connectivity index (χ1v) is 14.7. The largest absolute Gasteiger partial charge is 0.478 e. The molecule has 12 heteroatoms. The van der Waals surface area contributed by atoms with Gasteiger partial charge in [-0.15, -0.1) is 0 Å². The number of fused-ring (bicyclic) bond motifs is 1. The Morgan fingerprint density at radius 3 is 2.56 bits per heavy atom. The lowest BCUT2D eigenvalue weighted by Gasteiger charge is -2.42.